The minimum absolute atomic E-state index is 0.0362. The van der Waals surface area contributed by atoms with Crippen molar-refractivity contribution in [1.29, 1.82) is 0 Å². The van der Waals surface area contributed by atoms with Crippen LogP contribution in [0.25, 0.3) is 0 Å². The summed E-state index contributed by atoms with van der Waals surface area (Å²) in [6.07, 6.45) is 3.46. The fourth-order valence-corrected chi connectivity index (χ4v) is 5.95. The van der Waals surface area contributed by atoms with Crippen LogP contribution < -0.4 is 11.1 Å². The Bertz CT molecular complexity index is 1420. The summed E-state index contributed by atoms with van der Waals surface area (Å²) in [5.41, 5.74) is 3.40. The number of rotatable bonds is 4. The van der Waals surface area contributed by atoms with E-state index in [0.717, 1.165) is 5.69 Å². The number of carbonyl (C=O) groups is 3. The van der Waals surface area contributed by atoms with Gasteiger partial charge in [-0.3, -0.25) is 24.3 Å². The zero-order valence-electron chi connectivity index (χ0n) is 20.1. The molecule has 11 heteroatoms. The van der Waals surface area contributed by atoms with E-state index >= 15 is 0 Å². The average Bonchev–Trinajstić information content (AvgIpc) is 2.81. The summed E-state index contributed by atoms with van der Waals surface area (Å²) in [4.78, 5) is 44.4. The van der Waals surface area contributed by atoms with E-state index in [9.17, 15) is 34.8 Å². The Balaban J connectivity index is 1.63. The number of nitrogens with one attached hydrogen (secondary N) is 1. The molecule has 1 aromatic heterocycles. The number of hydrogen-bond acceptors (Lipinski definition) is 10. The van der Waals surface area contributed by atoms with Crippen LogP contribution in [0, 0.1) is 11.8 Å². The van der Waals surface area contributed by atoms with Crippen molar-refractivity contribution in [2.75, 3.05) is 19.4 Å². The number of pyridine rings is 1. The van der Waals surface area contributed by atoms with E-state index in [4.69, 9.17) is 5.73 Å². The molecule has 37 heavy (non-hydrogen) atoms. The molecule has 192 valence electrons. The number of ketones is 2. The predicted octanol–water partition coefficient (Wildman–Crippen LogP) is 1.26. The van der Waals surface area contributed by atoms with Crippen LogP contribution in [0.4, 0.5) is 11.4 Å². The van der Waals surface area contributed by atoms with Crippen molar-refractivity contribution in [3.63, 3.8) is 0 Å². The van der Waals surface area contributed by atoms with Gasteiger partial charge in [-0.2, -0.15) is 0 Å². The van der Waals surface area contributed by atoms with Crippen LogP contribution in [0.1, 0.15) is 22.3 Å². The number of primary amides is 1. The number of nitrogens with two attached hydrogens (primary N) is 1. The van der Waals surface area contributed by atoms with Crippen molar-refractivity contribution >= 4 is 28.8 Å². The van der Waals surface area contributed by atoms with Gasteiger partial charge in [0.2, 0.25) is 5.78 Å². The number of aromatic hydroxyl groups is 1. The van der Waals surface area contributed by atoms with Gasteiger partial charge in [-0.1, -0.05) is 0 Å². The van der Waals surface area contributed by atoms with Gasteiger partial charge in [-0.15, -0.1) is 0 Å². The van der Waals surface area contributed by atoms with Gasteiger partial charge in [-0.25, -0.2) is 0 Å². The number of allylic oxidation sites excluding steroid dienone is 1. The quantitative estimate of drug-likeness (QED) is 0.330. The number of fused-ring (bicyclic) bond motifs is 3. The maximum atomic E-state index is 13.6. The van der Waals surface area contributed by atoms with E-state index in [-0.39, 0.29) is 29.7 Å². The Hall–Kier alpha value is -4.22. The number of hydrogen-bond donors (Lipinski definition) is 6. The van der Waals surface area contributed by atoms with Crippen molar-refractivity contribution in [1.82, 2.24) is 9.88 Å². The smallest absolute Gasteiger partial charge is 0.255 e. The summed E-state index contributed by atoms with van der Waals surface area (Å²) >= 11 is 0. The summed E-state index contributed by atoms with van der Waals surface area (Å²) in [5.74, 6) is -6.74. The van der Waals surface area contributed by atoms with E-state index in [1.165, 1.54) is 11.0 Å². The number of benzene rings is 1. The number of Topliss-reactive ketones (excluding diaryl/α,β-unsaturated/α-hetero) is 2. The second-order valence-corrected chi connectivity index (χ2v) is 9.85. The first-order chi connectivity index (χ1) is 17.5. The lowest BCUT2D eigenvalue weighted by atomic mass is 9.58. The van der Waals surface area contributed by atoms with Gasteiger partial charge in [-0.05, 0) is 56.6 Å². The van der Waals surface area contributed by atoms with Gasteiger partial charge >= 0.3 is 0 Å². The maximum absolute atomic E-state index is 13.6. The summed E-state index contributed by atoms with van der Waals surface area (Å²) in [5, 5.41) is 47.6. The highest BCUT2D eigenvalue weighted by Gasteiger charge is 2.63. The highest BCUT2D eigenvalue weighted by molar-refractivity contribution is 6.24. The van der Waals surface area contributed by atoms with Gasteiger partial charge in [0.1, 0.15) is 22.8 Å². The highest BCUT2D eigenvalue weighted by Crippen LogP contribution is 2.52. The van der Waals surface area contributed by atoms with Crippen molar-refractivity contribution < 1.29 is 34.8 Å². The number of aliphatic hydroxyl groups is 3. The number of phenols is 1. The first kappa shape index (κ1) is 24.5. The van der Waals surface area contributed by atoms with Crippen molar-refractivity contribution in [3.8, 4) is 5.75 Å². The maximum Gasteiger partial charge on any atom is 0.255 e. The summed E-state index contributed by atoms with van der Waals surface area (Å²) in [7, 11) is 3.17. The summed E-state index contributed by atoms with van der Waals surface area (Å²) in [6, 6.07) is 5.54. The Kier molecular flexibility index (Phi) is 5.57. The molecule has 11 nitrogen and oxygen atoms in total. The minimum atomic E-state index is -2.65. The number of phenolic OH excluding ortho intramolecular Hbond substituents is 1. The number of aromatic nitrogens is 1. The van der Waals surface area contributed by atoms with E-state index in [1.807, 2.05) is 0 Å². The third kappa shape index (κ3) is 3.50. The molecule has 1 heterocycles. The highest BCUT2D eigenvalue weighted by atomic mass is 16.3. The lowest BCUT2D eigenvalue weighted by Crippen LogP contribution is -2.63. The molecule has 3 aliphatic carbocycles. The molecule has 3 aliphatic rings. The van der Waals surface area contributed by atoms with Crippen molar-refractivity contribution in [2.24, 2.45) is 17.6 Å². The topological polar surface area (TPSA) is 186 Å². The van der Waals surface area contributed by atoms with Crippen LogP contribution in [0.3, 0.4) is 0 Å². The minimum Gasteiger partial charge on any atom is -0.510 e. The molecule has 1 aromatic carbocycles. The second-order valence-electron chi connectivity index (χ2n) is 9.85. The van der Waals surface area contributed by atoms with Gasteiger partial charge in [0, 0.05) is 41.3 Å². The van der Waals surface area contributed by atoms with Crippen molar-refractivity contribution in [3.05, 3.63) is 70.5 Å². The number of carbonyl (C=O) groups excluding carboxylic acids is 3. The SMILES string of the molecule is CN(C)[C@@H]1C(O)=C(C(N)=O)C(=O)[C@@]2(O)C(O)=C3C(=O)c4c(O)cc(Nc5ccncc5)cc4C[C@H]3C[C@@H]12. The van der Waals surface area contributed by atoms with Gasteiger partial charge in [0.05, 0.1) is 11.6 Å². The van der Waals surface area contributed by atoms with E-state index in [1.54, 1.807) is 44.7 Å². The molecular weight excluding hydrogens is 480 g/mol. The fraction of sp³-hybridized carbons (Fsp3) is 0.308. The molecule has 0 aliphatic heterocycles. The second kappa shape index (κ2) is 8.43. The summed E-state index contributed by atoms with van der Waals surface area (Å²) < 4.78 is 0. The number of likely N-dealkylation sites (N-methyl/N-ethyl adjacent to an activating group) is 1. The van der Waals surface area contributed by atoms with Crippen LogP contribution in [0.5, 0.6) is 5.75 Å². The molecule has 1 amide bonds. The third-order valence-corrected chi connectivity index (χ3v) is 7.50. The van der Waals surface area contributed by atoms with Crippen molar-refractivity contribution in [2.45, 2.75) is 24.5 Å². The molecule has 0 unspecified atom stereocenters. The largest absolute Gasteiger partial charge is 0.510 e. The van der Waals surface area contributed by atoms with E-state index < -0.39 is 58.0 Å². The van der Waals surface area contributed by atoms with E-state index in [0.29, 0.717) is 11.3 Å². The fourth-order valence-electron chi connectivity index (χ4n) is 5.95. The van der Waals surface area contributed by atoms with Crippen LogP contribution >= 0.6 is 0 Å². The number of amides is 1. The molecular formula is C26H26N4O7. The lowest BCUT2D eigenvalue weighted by Gasteiger charge is -2.50. The van der Waals surface area contributed by atoms with Crippen LogP contribution in [-0.4, -0.2) is 73.5 Å². The molecule has 0 saturated heterocycles. The first-order valence-corrected chi connectivity index (χ1v) is 11.6. The Morgan fingerprint density at radius 1 is 1.14 bits per heavy atom. The standard InChI is InChI=1S/C26H26N4O7/c1-30(2)20-15-9-12-7-11-8-14(29-13-3-5-28-6-4-13)10-16(31)17(11)21(32)18(12)23(34)26(15,37)24(35)19(22(20)33)25(27)36/h3-6,8,10,12,15,20,31,33-34,37H,7,9H2,1-2H3,(H2,27,36)(H,28,29)/t12-,15-,20-,26-/m0/s1. The third-order valence-electron chi connectivity index (χ3n) is 7.50. The molecule has 0 radical (unpaired) electrons. The first-order valence-electron chi connectivity index (χ1n) is 11.6. The van der Waals surface area contributed by atoms with Gasteiger partial charge in [0.15, 0.2) is 11.4 Å². The molecule has 5 rings (SSSR count). The Morgan fingerprint density at radius 2 is 1.81 bits per heavy atom. The van der Waals surface area contributed by atoms with Crippen LogP contribution in [-0.2, 0) is 16.0 Å². The van der Waals surface area contributed by atoms with Crippen LogP contribution in [0.15, 0.2) is 59.3 Å². The zero-order chi connectivity index (χ0) is 26.8. The molecule has 2 aromatic rings. The zero-order valence-corrected chi connectivity index (χ0v) is 20.1. The number of anilines is 2. The van der Waals surface area contributed by atoms with Crippen LogP contribution in [0.2, 0.25) is 0 Å². The number of aliphatic hydroxyl groups excluding tert-OH is 2. The van der Waals surface area contributed by atoms with E-state index in [2.05, 4.69) is 10.3 Å². The molecule has 4 atom stereocenters. The molecule has 0 fully saturated rings. The monoisotopic (exact) mass is 506 g/mol. The van der Waals surface area contributed by atoms with Gasteiger partial charge < -0.3 is 31.5 Å². The normalized spacial score (nSPS) is 27.1. The predicted molar refractivity (Wildman–Crippen MR) is 131 cm³/mol. The summed E-state index contributed by atoms with van der Waals surface area (Å²) in [6.45, 7) is 0. The Labute approximate surface area is 211 Å². The molecule has 7 N–H and O–H groups in total. The lowest BCUT2D eigenvalue weighted by molar-refractivity contribution is -0.148. The average molecular weight is 507 g/mol. The Morgan fingerprint density at radius 3 is 2.43 bits per heavy atom. The molecule has 0 saturated carbocycles. The number of nitrogens with zero attached hydrogens (tertiary/aromatic N) is 2. The molecule has 0 bridgehead atoms. The van der Waals surface area contributed by atoms with Gasteiger partial charge in [0.25, 0.3) is 5.91 Å². The molecule has 0 spiro atoms.